The van der Waals surface area contributed by atoms with Crippen molar-refractivity contribution in [3.05, 3.63) is 116 Å². The van der Waals surface area contributed by atoms with Crippen LogP contribution in [0.2, 0.25) is 0 Å². The highest BCUT2D eigenvalue weighted by atomic mass is 16.6. The van der Waals surface area contributed by atoms with Gasteiger partial charge >= 0.3 is 11.9 Å². The van der Waals surface area contributed by atoms with Crippen molar-refractivity contribution in [1.82, 2.24) is 20.3 Å². The molecule has 0 spiro atoms. The average molecular weight is 530 g/mol. The molecule has 0 fully saturated rings. The SMILES string of the molecule is COC(=O)C1=C(C)NC(C)=C(C(=O)OCC=Cc2cccc(Cc3ncc[nH]3)n2)C1c1cccc([N+](=O)[O-])c1. The van der Waals surface area contributed by atoms with Crippen LogP contribution in [0.3, 0.4) is 0 Å². The number of methoxy groups -OCH3 is 1. The van der Waals surface area contributed by atoms with E-state index in [-0.39, 0.29) is 23.4 Å². The number of carbonyl (C=O) groups excluding carboxylic acids is 2. The van der Waals surface area contributed by atoms with Crippen LogP contribution in [0, 0.1) is 10.1 Å². The lowest BCUT2D eigenvalue weighted by Gasteiger charge is -2.30. The number of esters is 2. The fourth-order valence-electron chi connectivity index (χ4n) is 4.42. The highest BCUT2D eigenvalue weighted by Gasteiger charge is 2.38. The Morgan fingerprint density at radius 1 is 1.10 bits per heavy atom. The van der Waals surface area contributed by atoms with Gasteiger partial charge in [0, 0.05) is 48.0 Å². The van der Waals surface area contributed by atoms with Crippen LogP contribution in [-0.4, -0.2) is 45.5 Å². The number of benzene rings is 1. The molecule has 4 rings (SSSR count). The van der Waals surface area contributed by atoms with Gasteiger partial charge in [-0.2, -0.15) is 0 Å². The molecule has 0 saturated heterocycles. The number of non-ortho nitro benzene ring substituents is 1. The topological polar surface area (TPSA) is 149 Å². The van der Waals surface area contributed by atoms with Crippen molar-refractivity contribution in [3.8, 4) is 0 Å². The quantitative estimate of drug-likeness (QED) is 0.238. The molecule has 0 aliphatic carbocycles. The van der Waals surface area contributed by atoms with Gasteiger partial charge in [0.05, 0.1) is 34.8 Å². The van der Waals surface area contributed by atoms with Crippen LogP contribution in [-0.2, 0) is 25.5 Å². The molecule has 200 valence electrons. The van der Waals surface area contributed by atoms with E-state index in [1.807, 2.05) is 18.2 Å². The van der Waals surface area contributed by atoms with E-state index in [2.05, 4.69) is 20.3 Å². The second-order valence-corrected chi connectivity index (χ2v) is 8.75. The standard InChI is InChI=1S/C28H27N5O6/c1-17-24(27(34)38-3)26(19-7-4-11-22(15-19)33(36)37)25(18(2)31-17)28(35)39-14-6-10-20-8-5-9-21(32-20)16-23-29-12-13-30-23/h4-13,15,26,31H,14,16H2,1-3H3,(H,29,30). The van der Waals surface area contributed by atoms with E-state index in [0.717, 1.165) is 11.5 Å². The number of carbonyl (C=O) groups is 2. The molecule has 0 radical (unpaired) electrons. The van der Waals surface area contributed by atoms with Crippen LogP contribution in [0.5, 0.6) is 0 Å². The zero-order valence-electron chi connectivity index (χ0n) is 21.6. The Balaban J connectivity index is 1.54. The number of allylic oxidation sites excluding steroid dienone is 2. The molecule has 11 nitrogen and oxygen atoms in total. The molecule has 1 aliphatic heterocycles. The van der Waals surface area contributed by atoms with Crippen LogP contribution in [0.1, 0.15) is 42.5 Å². The zero-order chi connectivity index (χ0) is 27.9. The van der Waals surface area contributed by atoms with Crippen molar-refractivity contribution in [1.29, 1.82) is 0 Å². The molecule has 3 heterocycles. The van der Waals surface area contributed by atoms with Gasteiger partial charge in [-0.05, 0) is 43.7 Å². The van der Waals surface area contributed by atoms with Gasteiger partial charge in [-0.1, -0.05) is 18.2 Å². The number of ether oxygens (including phenoxy) is 2. The van der Waals surface area contributed by atoms with Gasteiger partial charge in [0.15, 0.2) is 0 Å². The van der Waals surface area contributed by atoms with Gasteiger partial charge in [-0.25, -0.2) is 14.6 Å². The van der Waals surface area contributed by atoms with E-state index in [4.69, 9.17) is 9.47 Å². The van der Waals surface area contributed by atoms with Crippen LogP contribution < -0.4 is 5.32 Å². The van der Waals surface area contributed by atoms with E-state index < -0.39 is 22.8 Å². The fourth-order valence-corrected chi connectivity index (χ4v) is 4.42. The molecule has 0 saturated carbocycles. The normalized spacial score (nSPS) is 15.3. The highest BCUT2D eigenvalue weighted by Crippen LogP contribution is 2.40. The third kappa shape index (κ3) is 6.27. The maximum atomic E-state index is 13.3. The Labute approximate surface area is 224 Å². The molecule has 1 aromatic carbocycles. The summed E-state index contributed by atoms with van der Waals surface area (Å²) in [5, 5.41) is 14.5. The van der Waals surface area contributed by atoms with Crippen LogP contribution in [0.4, 0.5) is 5.69 Å². The van der Waals surface area contributed by atoms with Gasteiger partial charge in [0.25, 0.3) is 5.69 Å². The maximum Gasteiger partial charge on any atom is 0.337 e. The molecule has 11 heteroatoms. The van der Waals surface area contributed by atoms with Gasteiger partial charge < -0.3 is 19.8 Å². The summed E-state index contributed by atoms with van der Waals surface area (Å²) in [5.74, 6) is -1.45. The molecule has 39 heavy (non-hydrogen) atoms. The number of nitrogens with zero attached hydrogens (tertiary/aromatic N) is 3. The first-order valence-corrected chi connectivity index (χ1v) is 12.1. The van der Waals surface area contributed by atoms with E-state index in [1.54, 1.807) is 44.5 Å². The third-order valence-electron chi connectivity index (χ3n) is 6.13. The predicted molar refractivity (Wildman–Crippen MR) is 142 cm³/mol. The molecule has 1 atom stereocenters. The van der Waals surface area contributed by atoms with Crippen molar-refractivity contribution >= 4 is 23.7 Å². The van der Waals surface area contributed by atoms with Gasteiger partial charge in [-0.3, -0.25) is 15.1 Å². The molecular formula is C28H27N5O6. The highest BCUT2D eigenvalue weighted by molar-refractivity contribution is 6.00. The number of imidazole rings is 1. The summed E-state index contributed by atoms with van der Waals surface area (Å²) in [7, 11) is 1.23. The van der Waals surface area contributed by atoms with Gasteiger partial charge in [0.2, 0.25) is 0 Å². The molecular weight excluding hydrogens is 502 g/mol. The maximum absolute atomic E-state index is 13.3. The van der Waals surface area contributed by atoms with E-state index in [1.165, 1.54) is 25.3 Å². The number of rotatable bonds is 9. The third-order valence-corrected chi connectivity index (χ3v) is 6.13. The Morgan fingerprint density at radius 3 is 2.54 bits per heavy atom. The predicted octanol–water partition coefficient (Wildman–Crippen LogP) is 3.97. The number of aromatic nitrogens is 3. The first-order chi connectivity index (χ1) is 18.8. The molecule has 3 aromatic rings. The lowest BCUT2D eigenvalue weighted by molar-refractivity contribution is -0.384. The Bertz CT molecular complexity index is 1490. The van der Waals surface area contributed by atoms with Crippen molar-refractivity contribution in [3.63, 3.8) is 0 Å². The summed E-state index contributed by atoms with van der Waals surface area (Å²) < 4.78 is 10.5. The average Bonchev–Trinajstić information content (AvgIpc) is 3.43. The second kappa shape index (κ2) is 12.0. The van der Waals surface area contributed by atoms with E-state index in [0.29, 0.717) is 29.1 Å². The zero-order valence-corrected chi connectivity index (χ0v) is 21.6. The minimum atomic E-state index is -0.921. The number of hydrogen-bond donors (Lipinski definition) is 2. The number of H-pyrrole nitrogens is 1. The van der Waals surface area contributed by atoms with Crippen molar-refractivity contribution in [2.24, 2.45) is 0 Å². The minimum absolute atomic E-state index is 0.0579. The summed E-state index contributed by atoms with van der Waals surface area (Å²) in [6.45, 7) is 3.30. The Hall–Kier alpha value is -5.06. The number of nitro benzene ring substituents is 1. The monoisotopic (exact) mass is 529 g/mol. The van der Waals surface area contributed by atoms with Crippen LogP contribution >= 0.6 is 0 Å². The molecule has 0 bridgehead atoms. The number of dihydropyridines is 1. The van der Waals surface area contributed by atoms with Crippen molar-refractivity contribution < 1.29 is 24.0 Å². The van der Waals surface area contributed by atoms with E-state index >= 15 is 0 Å². The molecule has 2 N–H and O–H groups in total. The summed E-state index contributed by atoms with van der Waals surface area (Å²) in [5.41, 5.74) is 3.03. The second-order valence-electron chi connectivity index (χ2n) is 8.75. The summed E-state index contributed by atoms with van der Waals surface area (Å²) >= 11 is 0. The number of aromatic amines is 1. The molecule has 1 unspecified atom stereocenters. The molecule has 1 aliphatic rings. The van der Waals surface area contributed by atoms with E-state index in [9.17, 15) is 19.7 Å². The lowest BCUT2D eigenvalue weighted by atomic mass is 9.80. The molecule has 2 aromatic heterocycles. The minimum Gasteiger partial charge on any atom is -0.466 e. The summed E-state index contributed by atoms with van der Waals surface area (Å²) in [4.78, 5) is 48.8. The largest absolute Gasteiger partial charge is 0.466 e. The van der Waals surface area contributed by atoms with Crippen molar-refractivity contribution in [2.75, 3.05) is 13.7 Å². The smallest absolute Gasteiger partial charge is 0.337 e. The summed E-state index contributed by atoms with van der Waals surface area (Å²) in [6, 6.07) is 11.4. The van der Waals surface area contributed by atoms with Gasteiger partial charge in [-0.15, -0.1) is 0 Å². The number of nitro groups is 1. The van der Waals surface area contributed by atoms with Crippen LogP contribution in [0.25, 0.3) is 6.08 Å². The number of nitrogens with one attached hydrogen (secondary N) is 2. The van der Waals surface area contributed by atoms with Crippen molar-refractivity contribution in [2.45, 2.75) is 26.2 Å². The first-order valence-electron chi connectivity index (χ1n) is 12.1. The lowest BCUT2D eigenvalue weighted by Crippen LogP contribution is -2.32. The Kier molecular flexibility index (Phi) is 8.30. The number of pyridine rings is 1. The fraction of sp³-hybridized carbons (Fsp3) is 0.214. The van der Waals surface area contributed by atoms with Gasteiger partial charge in [0.1, 0.15) is 12.4 Å². The Morgan fingerprint density at radius 2 is 1.85 bits per heavy atom. The van der Waals surface area contributed by atoms with Crippen LogP contribution in [0.15, 0.2) is 83.5 Å². The summed E-state index contributed by atoms with van der Waals surface area (Å²) in [6.07, 6.45) is 7.38. The first kappa shape index (κ1) is 27.0. The number of hydrogen-bond acceptors (Lipinski definition) is 9. The molecule has 0 amide bonds.